The van der Waals surface area contributed by atoms with Crippen LogP contribution in [0.15, 0.2) is 48.8 Å². The van der Waals surface area contributed by atoms with Crippen molar-refractivity contribution in [3.8, 4) is 0 Å². The molecule has 1 unspecified atom stereocenters. The van der Waals surface area contributed by atoms with Crippen LogP contribution >= 0.6 is 11.3 Å². The molecule has 1 saturated heterocycles. The highest BCUT2D eigenvalue weighted by atomic mass is 32.1. The van der Waals surface area contributed by atoms with Crippen molar-refractivity contribution in [2.45, 2.75) is 25.8 Å². The van der Waals surface area contributed by atoms with Crippen molar-refractivity contribution in [2.75, 3.05) is 25.0 Å². The molecule has 0 spiro atoms. The quantitative estimate of drug-likeness (QED) is 0.541. The number of amides is 1. The maximum absolute atomic E-state index is 13.1. The molecule has 1 fully saturated rings. The second-order valence-electron chi connectivity index (χ2n) is 8.11. The first-order valence-corrected chi connectivity index (χ1v) is 11.2. The fraction of sp³-hybridized carbons (Fsp3) is 0.348. The van der Waals surface area contributed by atoms with Gasteiger partial charge in [0.25, 0.3) is 0 Å². The minimum atomic E-state index is 0.167. The van der Waals surface area contributed by atoms with Crippen LogP contribution in [0.3, 0.4) is 0 Å². The van der Waals surface area contributed by atoms with Gasteiger partial charge in [-0.15, -0.1) is 11.3 Å². The summed E-state index contributed by atoms with van der Waals surface area (Å²) in [6.07, 6.45) is 5.14. The average molecular weight is 420 g/mol. The smallest absolute Gasteiger partial charge is 0.229 e. The predicted molar refractivity (Wildman–Crippen MR) is 122 cm³/mol. The summed E-state index contributed by atoms with van der Waals surface area (Å²) in [5, 5.41) is 2.01. The highest BCUT2D eigenvalue weighted by molar-refractivity contribution is 7.18. The number of carbonyl (C=O) groups is 1. The Labute approximate surface area is 179 Å². The molecule has 5 rings (SSSR count). The molecule has 1 aliphatic heterocycles. The van der Waals surface area contributed by atoms with Crippen molar-refractivity contribution in [3.05, 3.63) is 53.8 Å². The van der Waals surface area contributed by atoms with Crippen molar-refractivity contribution in [1.82, 2.24) is 19.9 Å². The Hall–Kier alpha value is -2.93. The Morgan fingerprint density at radius 2 is 2.17 bits per heavy atom. The number of anilines is 1. The summed E-state index contributed by atoms with van der Waals surface area (Å²) < 4.78 is 1.14. The molecule has 30 heavy (non-hydrogen) atoms. The van der Waals surface area contributed by atoms with Gasteiger partial charge in [-0.2, -0.15) is 0 Å². The number of pyridine rings is 1. The van der Waals surface area contributed by atoms with E-state index in [1.165, 1.54) is 0 Å². The number of aromatic amines is 1. The number of piperidine rings is 1. The van der Waals surface area contributed by atoms with Crippen molar-refractivity contribution >= 4 is 44.2 Å². The number of hydrogen-bond acceptors (Lipinski definition) is 5. The van der Waals surface area contributed by atoms with E-state index in [1.807, 2.05) is 35.5 Å². The van der Waals surface area contributed by atoms with Gasteiger partial charge < -0.3 is 14.8 Å². The summed E-state index contributed by atoms with van der Waals surface area (Å²) in [6.45, 7) is 3.83. The van der Waals surface area contributed by atoms with Crippen LogP contribution < -0.4 is 4.90 Å². The second kappa shape index (κ2) is 7.72. The lowest BCUT2D eigenvalue weighted by atomic mass is 9.91. The molecule has 154 valence electrons. The van der Waals surface area contributed by atoms with Crippen LogP contribution in [0.2, 0.25) is 0 Å². The fourth-order valence-electron chi connectivity index (χ4n) is 4.45. The van der Waals surface area contributed by atoms with E-state index in [2.05, 4.69) is 52.0 Å². The molecule has 0 aliphatic carbocycles. The van der Waals surface area contributed by atoms with Crippen LogP contribution in [0.25, 0.3) is 21.3 Å². The molecule has 4 aromatic rings. The Morgan fingerprint density at radius 3 is 3.03 bits per heavy atom. The average Bonchev–Trinajstić information content (AvgIpc) is 3.39. The SMILES string of the molecule is C[C@@H]1CCN(C(=O)Cc2nc3ccccc3s2)CC1N(C)c1ccnc2[nH]ccc12. The number of carbonyl (C=O) groups excluding carboxylic acids is 1. The number of thiazole rings is 1. The third kappa shape index (κ3) is 3.43. The van der Waals surface area contributed by atoms with Gasteiger partial charge >= 0.3 is 0 Å². The Bertz CT molecular complexity index is 1170. The lowest BCUT2D eigenvalue weighted by Crippen LogP contribution is -2.53. The normalized spacial score (nSPS) is 19.5. The molecular formula is C23H25N5OS. The van der Waals surface area contributed by atoms with Gasteiger partial charge in [0.15, 0.2) is 0 Å². The molecule has 6 nitrogen and oxygen atoms in total. The fourth-order valence-corrected chi connectivity index (χ4v) is 5.41. The second-order valence-corrected chi connectivity index (χ2v) is 9.22. The van der Waals surface area contributed by atoms with Crippen LogP contribution in [0.4, 0.5) is 5.69 Å². The van der Waals surface area contributed by atoms with Gasteiger partial charge in [-0.05, 0) is 36.6 Å². The number of nitrogens with zero attached hydrogens (tertiary/aromatic N) is 4. The van der Waals surface area contributed by atoms with E-state index in [0.29, 0.717) is 12.3 Å². The summed E-state index contributed by atoms with van der Waals surface area (Å²) in [5.41, 5.74) is 3.02. The van der Waals surface area contributed by atoms with E-state index in [9.17, 15) is 4.79 Å². The number of fused-ring (bicyclic) bond motifs is 2. The van der Waals surface area contributed by atoms with Gasteiger partial charge in [-0.1, -0.05) is 19.1 Å². The van der Waals surface area contributed by atoms with Gasteiger partial charge in [0.05, 0.1) is 16.6 Å². The predicted octanol–water partition coefficient (Wildman–Crippen LogP) is 4.09. The Balaban J connectivity index is 1.33. The molecule has 4 heterocycles. The first-order valence-electron chi connectivity index (χ1n) is 10.4. The minimum absolute atomic E-state index is 0.167. The molecular weight excluding hydrogens is 394 g/mol. The van der Waals surface area contributed by atoms with Gasteiger partial charge in [0.1, 0.15) is 10.7 Å². The zero-order valence-electron chi connectivity index (χ0n) is 17.2. The number of nitrogens with one attached hydrogen (secondary N) is 1. The summed E-state index contributed by atoms with van der Waals surface area (Å²) in [7, 11) is 2.13. The third-order valence-electron chi connectivity index (χ3n) is 6.23. The molecule has 1 aromatic carbocycles. The lowest BCUT2D eigenvalue weighted by Gasteiger charge is -2.42. The number of benzene rings is 1. The van der Waals surface area contributed by atoms with Gasteiger partial charge in [-0.25, -0.2) is 9.97 Å². The van der Waals surface area contributed by atoms with Crippen LogP contribution in [0.1, 0.15) is 18.4 Å². The van der Waals surface area contributed by atoms with Crippen LogP contribution in [0.5, 0.6) is 0 Å². The van der Waals surface area contributed by atoms with E-state index in [-0.39, 0.29) is 11.9 Å². The summed E-state index contributed by atoms with van der Waals surface area (Å²) in [4.78, 5) is 29.7. The van der Waals surface area contributed by atoms with Crippen LogP contribution in [0, 0.1) is 5.92 Å². The van der Waals surface area contributed by atoms with Crippen molar-refractivity contribution in [2.24, 2.45) is 5.92 Å². The number of hydrogen-bond donors (Lipinski definition) is 1. The van der Waals surface area contributed by atoms with Crippen molar-refractivity contribution in [1.29, 1.82) is 0 Å². The maximum Gasteiger partial charge on any atom is 0.229 e. The van der Waals surface area contributed by atoms with E-state index >= 15 is 0 Å². The van der Waals surface area contributed by atoms with Crippen molar-refractivity contribution < 1.29 is 4.79 Å². The number of H-pyrrole nitrogens is 1. The van der Waals surface area contributed by atoms with Crippen LogP contribution in [-0.4, -0.2) is 51.9 Å². The van der Waals surface area contributed by atoms with E-state index in [4.69, 9.17) is 0 Å². The Kier molecular flexibility index (Phi) is 4.90. The number of likely N-dealkylation sites (tertiary alicyclic amines) is 1. The lowest BCUT2D eigenvalue weighted by molar-refractivity contribution is -0.132. The summed E-state index contributed by atoms with van der Waals surface area (Å²) >= 11 is 1.62. The molecule has 0 bridgehead atoms. The van der Waals surface area contributed by atoms with E-state index < -0.39 is 0 Å². The maximum atomic E-state index is 13.1. The Morgan fingerprint density at radius 1 is 1.30 bits per heavy atom. The van der Waals surface area contributed by atoms with E-state index in [1.54, 1.807) is 11.3 Å². The largest absolute Gasteiger partial charge is 0.369 e. The zero-order chi connectivity index (χ0) is 20.7. The molecule has 1 N–H and O–H groups in total. The van der Waals surface area contributed by atoms with Crippen molar-refractivity contribution in [3.63, 3.8) is 0 Å². The number of likely N-dealkylation sites (N-methyl/N-ethyl adjacent to an activating group) is 1. The monoisotopic (exact) mass is 419 g/mol. The number of para-hydroxylation sites is 1. The number of aromatic nitrogens is 3. The highest BCUT2D eigenvalue weighted by Gasteiger charge is 2.32. The third-order valence-corrected chi connectivity index (χ3v) is 7.26. The highest BCUT2D eigenvalue weighted by Crippen LogP contribution is 2.30. The molecule has 1 aliphatic rings. The summed E-state index contributed by atoms with van der Waals surface area (Å²) in [6, 6.07) is 12.5. The molecule has 2 atom stereocenters. The van der Waals surface area contributed by atoms with Gasteiger partial charge in [0, 0.05) is 49.6 Å². The molecule has 1 amide bonds. The first-order chi connectivity index (χ1) is 14.6. The van der Waals surface area contributed by atoms with Gasteiger partial charge in [0.2, 0.25) is 5.91 Å². The minimum Gasteiger partial charge on any atom is -0.369 e. The van der Waals surface area contributed by atoms with Gasteiger partial charge in [-0.3, -0.25) is 4.79 Å². The standard InChI is InChI=1S/C23H25N5OS/c1-15-9-12-28(22(29)13-21-26-17-5-3-4-6-20(17)30-21)14-19(15)27(2)18-8-11-25-23-16(18)7-10-24-23/h3-8,10-11,15,19H,9,12-14H2,1-2H3,(H,24,25)/t15-,19?/m1/s1. The first kappa shape index (κ1) is 19.1. The van der Waals surface area contributed by atoms with E-state index in [0.717, 1.165) is 51.5 Å². The van der Waals surface area contributed by atoms with Crippen LogP contribution in [-0.2, 0) is 11.2 Å². The topological polar surface area (TPSA) is 65.1 Å². The molecule has 3 aromatic heterocycles. The number of rotatable bonds is 4. The zero-order valence-corrected chi connectivity index (χ0v) is 18.0. The molecule has 0 saturated carbocycles. The summed E-state index contributed by atoms with van der Waals surface area (Å²) in [5.74, 6) is 0.671. The molecule has 0 radical (unpaired) electrons. The molecule has 7 heteroatoms.